The molecule has 0 amide bonds. The van der Waals surface area contributed by atoms with Crippen molar-refractivity contribution in [3.8, 4) is 0 Å². The highest BCUT2D eigenvalue weighted by atomic mass is 32.1. The molecule has 0 saturated heterocycles. The first kappa shape index (κ1) is 15.0. The van der Waals surface area contributed by atoms with Gasteiger partial charge in [0, 0.05) is 9.40 Å². The van der Waals surface area contributed by atoms with E-state index in [0.717, 1.165) is 20.7 Å². The first-order valence-corrected chi connectivity index (χ1v) is 9.24. The SMILES string of the molecule is c1ccc(/N=c2\sc3ccccc3s\c2=N/c2ccccc2)cc1. The molecule has 0 atom stereocenters. The standard InChI is InChI=1S/C20H14N2S2/c1-3-9-15(10-4-1)21-19-20(22-16-11-5-2-6-12-16)24-18-14-8-7-13-17(18)23-19/h1-14H/b21-19-,22-20-. The van der Waals surface area contributed by atoms with E-state index in [1.54, 1.807) is 22.7 Å². The van der Waals surface area contributed by atoms with Gasteiger partial charge in [-0.25, -0.2) is 9.98 Å². The molecule has 116 valence electrons. The zero-order chi connectivity index (χ0) is 16.2. The highest BCUT2D eigenvalue weighted by Crippen LogP contribution is 2.18. The largest absolute Gasteiger partial charge is 0.235 e. The molecule has 4 rings (SSSR count). The zero-order valence-electron chi connectivity index (χ0n) is 12.8. The second kappa shape index (κ2) is 6.91. The van der Waals surface area contributed by atoms with E-state index >= 15 is 0 Å². The second-order valence-corrected chi connectivity index (χ2v) is 7.22. The first-order valence-electron chi connectivity index (χ1n) is 7.61. The van der Waals surface area contributed by atoms with Crippen LogP contribution in [-0.2, 0) is 0 Å². The van der Waals surface area contributed by atoms with Crippen molar-refractivity contribution in [2.75, 3.05) is 0 Å². The molecule has 0 bridgehead atoms. The third kappa shape index (κ3) is 3.35. The highest BCUT2D eigenvalue weighted by molar-refractivity contribution is 7.25. The summed E-state index contributed by atoms with van der Waals surface area (Å²) in [7, 11) is 0. The van der Waals surface area contributed by atoms with Gasteiger partial charge in [0.15, 0.2) is 9.34 Å². The maximum absolute atomic E-state index is 4.82. The molecule has 0 radical (unpaired) electrons. The molecule has 0 aliphatic rings. The zero-order valence-corrected chi connectivity index (χ0v) is 14.4. The van der Waals surface area contributed by atoms with Crippen molar-refractivity contribution >= 4 is 43.4 Å². The Balaban J connectivity index is 2.02. The summed E-state index contributed by atoms with van der Waals surface area (Å²) in [5.41, 5.74) is 1.89. The molecule has 1 heterocycles. The Bertz CT molecular complexity index is 1000. The Morgan fingerprint density at radius 2 is 0.833 bits per heavy atom. The molecule has 0 aliphatic heterocycles. The van der Waals surface area contributed by atoms with E-state index in [1.165, 1.54) is 9.40 Å². The smallest absolute Gasteiger partial charge is 0.153 e. The Kier molecular flexibility index (Phi) is 4.32. The van der Waals surface area contributed by atoms with Gasteiger partial charge in [0.05, 0.1) is 11.4 Å². The van der Waals surface area contributed by atoms with Gasteiger partial charge in [0.25, 0.3) is 0 Å². The second-order valence-electron chi connectivity index (χ2n) is 5.16. The minimum Gasteiger partial charge on any atom is -0.235 e. The Morgan fingerprint density at radius 1 is 0.458 bits per heavy atom. The number of hydrogen-bond donors (Lipinski definition) is 0. The average molecular weight is 346 g/mol. The van der Waals surface area contributed by atoms with Crippen LogP contribution in [0.4, 0.5) is 11.4 Å². The quantitative estimate of drug-likeness (QED) is 0.462. The van der Waals surface area contributed by atoms with Gasteiger partial charge in [0.2, 0.25) is 0 Å². The molecule has 0 N–H and O–H groups in total. The number of benzene rings is 3. The summed E-state index contributed by atoms with van der Waals surface area (Å²) >= 11 is 3.36. The minimum atomic E-state index is 0.939. The van der Waals surface area contributed by atoms with Gasteiger partial charge in [-0.05, 0) is 36.4 Å². The Morgan fingerprint density at radius 3 is 1.25 bits per heavy atom. The normalized spacial score (nSPS) is 12.7. The minimum absolute atomic E-state index is 0.939. The van der Waals surface area contributed by atoms with Crippen LogP contribution in [0.15, 0.2) is 94.9 Å². The van der Waals surface area contributed by atoms with Crippen LogP contribution in [0.2, 0.25) is 0 Å². The fraction of sp³-hybridized carbons (Fsp3) is 0. The third-order valence-electron chi connectivity index (χ3n) is 3.42. The first-order chi connectivity index (χ1) is 11.9. The van der Waals surface area contributed by atoms with E-state index in [0.29, 0.717) is 0 Å². The molecular weight excluding hydrogens is 332 g/mol. The predicted molar refractivity (Wildman–Crippen MR) is 103 cm³/mol. The van der Waals surface area contributed by atoms with Gasteiger partial charge in [-0.15, -0.1) is 22.7 Å². The van der Waals surface area contributed by atoms with Crippen LogP contribution in [-0.4, -0.2) is 0 Å². The summed E-state index contributed by atoms with van der Waals surface area (Å²) < 4.78 is 4.33. The topological polar surface area (TPSA) is 24.7 Å². The van der Waals surface area contributed by atoms with Gasteiger partial charge < -0.3 is 0 Å². The van der Waals surface area contributed by atoms with E-state index in [9.17, 15) is 0 Å². The summed E-state index contributed by atoms with van der Waals surface area (Å²) in [5, 5.41) is 0. The van der Waals surface area contributed by atoms with E-state index < -0.39 is 0 Å². The Labute approximate surface area is 147 Å². The van der Waals surface area contributed by atoms with Crippen LogP contribution in [0.1, 0.15) is 0 Å². The maximum atomic E-state index is 4.82. The van der Waals surface area contributed by atoms with Crippen LogP contribution >= 0.6 is 22.7 Å². The lowest BCUT2D eigenvalue weighted by molar-refractivity contribution is 1.32. The predicted octanol–water partition coefficient (Wildman–Crippen LogP) is 5.43. The molecule has 0 saturated carbocycles. The van der Waals surface area contributed by atoms with Crippen molar-refractivity contribution in [3.05, 3.63) is 94.3 Å². The lowest BCUT2D eigenvalue weighted by Crippen LogP contribution is -2.19. The average Bonchev–Trinajstić information content (AvgIpc) is 2.64. The van der Waals surface area contributed by atoms with E-state index in [4.69, 9.17) is 9.98 Å². The van der Waals surface area contributed by atoms with Crippen molar-refractivity contribution in [3.63, 3.8) is 0 Å². The van der Waals surface area contributed by atoms with E-state index in [1.807, 2.05) is 60.7 Å². The Hall–Kier alpha value is -2.56. The number of fused-ring (bicyclic) bond motifs is 1. The van der Waals surface area contributed by atoms with Gasteiger partial charge >= 0.3 is 0 Å². The lowest BCUT2D eigenvalue weighted by atomic mass is 10.3. The van der Waals surface area contributed by atoms with Crippen LogP contribution in [0.25, 0.3) is 9.40 Å². The molecule has 2 nitrogen and oxygen atoms in total. The molecule has 0 aliphatic carbocycles. The fourth-order valence-corrected chi connectivity index (χ4v) is 4.41. The van der Waals surface area contributed by atoms with Gasteiger partial charge in [-0.2, -0.15) is 0 Å². The molecule has 3 aromatic carbocycles. The van der Waals surface area contributed by atoms with Crippen molar-refractivity contribution in [1.82, 2.24) is 0 Å². The summed E-state index contributed by atoms with van der Waals surface area (Å²) in [6.45, 7) is 0. The molecule has 1 aromatic heterocycles. The molecular formula is C20H14N2S2. The van der Waals surface area contributed by atoms with Crippen molar-refractivity contribution in [1.29, 1.82) is 0 Å². The number of rotatable bonds is 2. The monoisotopic (exact) mass is 346 g/mol. The third-order valence-corrected chi connectivity index (χ3v) is 5.79. The van der Waals surface area contributed by atoms with Gasteiger partial charge in [-0.3, -0.25) is 0 Å². The van der Waals surface area contributed by atoms with Crippen LogP contribution in [0.3, 0.4) is 0 Å². The van der Waals surface area contributed by atoms with Crippen LogP contribution < -0.4 is 9.34 Å². The fourth-order valence-electron chi connectivity index (χ4n) is 2.30. The molecule has 24 heavy (non-hydrogen) atoms. The molecule has 0 spiro atoms. The summed E-state index contributed by atoms with van der Waals surface area (Å²) in [4.78, 5) is 9.65. The summed E-state index contributed by atoms with van der Waals surface area (Å²) in [6, 6.07) is 28.4. The van der Waals surface area contributed by atoms with Crippen molar-refractivity contribution in [2.45, 2.75) is 0 Å². The number of para-hydroxylation sites is 2. The lowest BCUT2D eigenvalue weighted by Gasteiger charge is -1.98. The highest BCUT2D eigenvalue weighted by Gasteiger charge is 1.99. The van der Waals surface area contributed by atoms with E-state index in [-0.39, 0.29) is 0 Å². The number of hydrogen-bond acceptors (Lipinski definition) is 4. The molecule has 4 heteroatoms. The van der Waals surface area contributed by atoms with E-state index in [2.05, 4.69) is 24.3 Å². The number of nitrogens with zero attached hydrogens (tertiary/aromatic N) is 2. The molecule has 0 unspecified atom stereocenters. The van der Waals surface area contributed by atoms with Gasteiger partial charge in [0.1, 0.15) is 0 Å². The maximum Gasteiger partial charge on any atom is 0.153 e. The van der Waals surface area contributed by atoms with Crippen LogP contribution in [0.5, 0.6) is 0 Å². The van der Waals surface area contributed by atoms with Crippen LogP contribution in [0, 0.1) is 0 Å². The van der Waals surface area contributed by atoms with Crippen molar-refractivity contribution in [2.24, 2.45) is 9.98 Å². The summed E-state index contributed by atoms with van der Waals surface area (Å²) in [5.74, 6) is 0. The van der Waals surface area contributed by atoms with Gasteiger partial charge in [-0.1, -0.05) is 48.5 Å². The molecule has 4 aromatic rings. The summed E-state index contributed by atoms with van der Waals surface area (Å²) in [6.07, 6.45) is 0. The molecule has 0 fully saturated rings. The van der Waals surface area contributed by atoms with Crippen molar-refractivity contribution < 1.29 is 0 Å².